The number of benzene rings is 5. The van der Waals surface area contributed by atoms with Crippen molar-refractivity contribution in [1.29, 1.82) is 0 Å². The SMILES string of the molecule is Cc1c(O)cccc1C(=O)N[C@@H](Cc1ccc(OCP(=O)(OCc2ccccc2)OCc2ccccc2)cc1)[C@H](O)CN(CC(C)C)S(=O)(=O)c1ccc(N)cc1. The molecule has 0 bridgehead atoms. The Hall–Kier alpha value is -5.01. The molecule has 1 amide bonds. The van der Waals surface area contributed by atoms with E-state index in [-0.39, 0.29) is 61.2 Å². The Kier molecular flexibility index (Phi) is 15.1. The Labute approximate surface area is 334 Å². The van der Waals surface area contributed by atoms with Crippen molar-refractivity contribution in [3.05, 3.63) is 155 Å². The highest BCUT2D eigenvalue weighted by Crippen LogP contribution is 2.49. The largest absolute Gasteiger partial charge is 0.508 e. The molecular formula is C43H50N3O9PS. The number of nitrogen functional groups attached to an aromatic ring is 1. The van der Waals surface area contributed by atoms with Crippen LogP contribution in [0.25, 0.3) is 0 Å². The van der Waals surface area contributed by atoms with Gasteiger partial charge in [0.15, 0.2) is 6.35 Å². The third-order valence-corrected chi connectivity index (χ3v) is 12.5. The summed E-state index contributed by atoms with van der Waals surface area (Å²) in [6.45, 7) is 5.25. The van der Waals surface area contributed by atoms with Gasteiger partial charge in [-0.2, -0.15) is 4.31 Å². The van der Waals surface area contributed by atoms with Crippen LogP contribution in [0.4, 0.5) is 5.69 Å². The van der Waals surface area contributed by atoms with E-state index in [0.29, 0.717) is 22.6 Å². The van der Waals surface area contributed by atoms with Gasteiger partial charge in [-0.3, -0.25) is 9.36 Å². The van der Waals surface area contributed by atoms with Gasteiger partial charge in [-0.25, -0.2) is 8.42 Å². The molecule has 0 aliphatic heterocycles. The molecule has 0 aliphatic rings. The van der Waals surface area contributed by atoms with Crippen molar-refractivity contribution in [1.82, 2.24) is 9.62 Å². The van der Waals surface area contributed by atoms with Crippen LogP contribution in [-0.4, -0.2) is 60.4 Å². The van der Waals surface area contributed by atoms with E-state index in [9.17, 15) is 28.0 Å². The minimum absolute atomic E-state index is 0.0246. The summed E-state index contributed by atoms with van der Waals surface area (Å²) in [4.78, 5) is 13.6. The minimum atomic E-state index is -4.06. The first-order chi connectivity index (χ1) is 27.2. The summed E-state index contributed by atoms with van der Waals surface area (Å²) in [5.41, 5.74) is 9.11. The predicted molar refractivity (Wildman–Crippen MR) is 220 cm³/mol. The van der Waals surface area contributed by atoms with Gasteiger partial charge in [0.2, 0.25) is 10.0 Å². The number of hydrogen-bond donors (Lipinski definition) is 4. The maximum Gasteiger partial charge on any atom is 0.368 e. The normalized spacial score (nSPS) is 13.0. The molecule has 0 spiro atoms. The molecular weight excluding hydrogens is 766 g/mol. The van der Waals surface area contributed by atoms with Crippen LogP contribution in [-0.2, 0) is 43.3 Å². The lowest BCUT2D eigenvalue weighted by molar-refractivity contribution is 0.0775. The highest BCUT2D eigenvalue weighted by Gasteiger charge is 2.32. The number of amides is 1. The molecule has 0 saturated heterocycles. The zero-order chi connectivity index (χ0) is 41.0. The number of ether oxygens (including phenoxy) is 1. The average molecular weight is 816 g/mol. The van der Waals surface area contributed by atoms with Crippen LogP contribution in [0.15, 0.2) is 132 Å². The summed E-state index contributed by atoms with van der Waals surface area (Å²) >= 11 is 0. The molecule has 0 fully saturated rings. The monoisotopic (exact) mass is 815 g/mol. The molecule has 12 nitrogen and oxygen atoms in total. The van der Waals surface area contributed by atoms with Gasteiger partial charge in [0.05, 0.1) is 30.3 Å². The van der Waals surface area contributed by atoms with Crippen molar-refractivity contribution >= 4 is 29.2 Å². The molecule has 0 aromatic heterocycles. The molecule has 14 heteroatoms. The second-order valence-corrected chi connectivity index (χ2v) is 18.1. The van der Waals surface area contributed by atoms with Crippen LogP contribution in [0.1, 0.15) is 46.5 Å². The van der Waals surface area contributed by atoms with Gasteiger partial charge < -0.3 is 35.0 Å². The van der Waals surface area contributed by atoms with Crippen molar-refractivity contribution in [2.24, 2.45) is 5.92 Å². The lowest BCUT2D eigenvalue weighted by Crippen LogP contribution is -2.51. The topological polar surface area (TPSA) is 178 Å². The smallest absolute Gasteiger partial charge is 0.368 e. The molecule has 5 N–H and O–H groups in total. The van der Waals surface area contributed by atoms with Gasteiger partial charge >= 0.3 is 7.60 Å². The Morgan fingerprint density at radius 2 is 1.37 bits per heavy atom. The molecule has 57 heavy (non-hydrogen) atoms. The van der Waals surface area contributed by atoms with Crippen LogP contribution in [0.5, 0.6) is 11.5 Å². The standard InChI is InChI=1S/C43H50N3O9PS/c1-31(2)26-46(57(51,52)38-23-19-36(44)20-24-38)27-42(48)40(45-43(49)39-15-10-16-41(47)32(39)3)25-33-17-21-37(22-18-33)53-30-56(50,54-28-34-11-6-4-7-12-34)55-29-35-13-8-5-9-14-35/h4-24,31,40,42,47-48H,25-30,44H2,1-3H3,(H,45,49)/t40-,42+/m0/s1. The minimum Gasteiger partial charge on any atom is -0.508 e. The fourth-order valence-corrected chi connectivity index (χ4v) is 8.78. The summed E-state index contributed by atoms with van der Waals surface area (Å²) in [6, 6.07) is 34.9. The van der Waals surface area contributed by atoms with Gasteiger partial charge in [0.1, 0.15) is 11.5 Å². The lowest BCUT2D eigenvalue weighted by atomic mass is 9.99. The van der Waals surface area contributed by atoms with Gasteiger partial charge in [0, 0.05) is 29.9 Å². The third kappa shape index (κ3) is 12.5. The van der Waals surface area contributed by atoms with E-state index in [1.165, 1.54) is 34.6 Å². The van der Waals surface area contributed by atoms with Crippen molar-refractivity contribution in [2.45, 2.75) is 57.4 Å². The molecule has 5 rings (SSSR count). The maximum atomic E-state index is 13.9. The van der Waals surface area contributed by atoms with Gasteiger partial charge in [-0.15, -0.1) is 0 Å². The first kappa shape index (κ1) is 43.1. The van der Waals surface area contributed by atoms with Crippen LogP contribution < -0.4 is 15.8 Å². The number of phenols is 1. The molecule has 302 valence electrons. The molecule has 0 radical (unpaired) electrons. The molecule has 0 unspecified atom stereocenters. The van der Waals surface area contributed by atoms with E-state index in [2.05, 4.69) is 5.32 Å². The number of rotatable bonds is 20. The third-order valence-electron chi connectivity index (χ3n) is 9.12. The predicted octanol–water partition coefficient (Wildman–Crippen LogP) is 7.29. The number of aromatic hydroxyl groups is 1. The number of carbonyl (C=O) groups is 1. The quantitative estimate of drug-likeness (QED) is 0.0461. The molecule has 0 saturated carbocycles. The summed E-state index contributed by atoms with van der Waals surface area (Å²) in [7, 11) is -7.82. The van der Waals surface area contributed by atoms with E-state index in [4.69, 9.17) is 19.5 Å². The Morgan fingerprint density at radius 1 is 0.789 bits per heavy atom. The van der Waals surface area contributed by atoms with Crippen LogP contribution in [0, 0.1) is 12.8 Å². The highest BCUT2D eigenvalue weighted by molar-refractivity contribution is 7.89. The number of nitrogens with zero attached hydrogens (tertiary/aromatic N) is 1. The van der Waals surface area contributed by atoms with E-state index >= 15 is 0 Å². The lowest BCUT2D eigenvalue weighted by Gasteiger charge is -2.31. The van der Waals surface area contributed by atoms with E-state index < -0.39 is 35.7 Å². The molecule has 0 aliphatic carbocycles. The number of phenolic OH excluding ortho intramolecular Hbond substituents is 1. The summed E-state index contributed by atoms with van der Waals surface area (Å²) in [5.74, 6) is -0.321. The number of nitrogens with one attached hydrogen (secondary N) is 1. The van der Waals surface area contributed by atoms with Crippen molar-refractivity contribution in [3.63, 3.8) is 0 Å². The number of nitrogens with two attached hydrogens (primary N) is 1. The molecule has 5 aromatic rings. The Bertz CT molecular complexity index is 2160. The summed E-state index contributed by atoms with van der Waals surface area (Å²) < 4.78 is 60.4. The Morgan fingerprint density at radius 3 is 1.93 bits per heavy atom. The average Bonchev–Trinajstić information content (AvgIpc) is 3.20. The van der Waals surface area contributed by atoms with Crippen LogP contribution in [0.3, 0.4) is 0 Å². The zero-order valence-electron chi connectivity index (χ0n) is 32.2. The van der Waals surface area contributed by atoms with Gasteiger partial charge in [0.25, 0.3) is 5.91 Å². The number of carbonyl (C=O) groups excluding carboxylic acids is 1. The fourth-order valence-electron chi connectivity index (χ4n) is 5.94. The number of hydrogen-bond acceptors (Lipinski definition) is 10. The number of aliphatic hydroxyl groups excluding tert-OH is 1. The number of aliphatic hydroxyl groups is 1. The van der Waals surface area contributed by atoms with Gasteiger partial charge in [-0.05, 0) is 84.5 Å². The molecule has 5 aromatic carbocycles. The number of sulfonamides is 1. The van der Waals surface area contributed by atoms with Crippen LogP contribution >= 0.6 is 7.60 Å². The first-order valence-corrected chi connectivity index (χ1v) is 21.7. The summed E-state index contributed by atoms with van der Waals surface area (Å²) in [5, 5.41) is 24.9. The Balaban J connectivity index is 1.34. The van der Waals surface area contributed by atoms with Crippen molar-refractivity contribution in [3.8, 4) is 11.5 Å². The zero-order valence-corrected chi connectivity index (χ0v) is 33.9. The fraction of sp³-hybridized carbons (Fsp3) is 0.279. The van der Waals surface area contributed by atoms with Gasteiger partial charge in [-0.1, -0.05) is 92.7 Å². The second kappa shape index (κ2) is 19.9. The molecule has 0 heterocycles. The van der Waals surface area contributed by atoms with E-state index in [1.54, 1.807) is 43.3 Å². The number of anilines is 1. The molecule has 2 atom stereocenters. The second-order valence-electron chi connectivity index (χ2n) is 14.1. The summed E-state index contributed by atoms with van der Waals surface area (Å²) in [6.07, 6.45) is -1.62. The first-order valence-electron chi connectivity index (χ1n) is 18.5. The van der Waals surface area contributed by atoms with E-state index in [0.717, 1.165) is 11.1 Å². The van der Waals surface area contributed by atoms with Crippen molar-refractivity contribution in [2.75, 3.05) is 25.2 Å². The van der Waals surface area contributed by atoms with Crippen molar-refractivity contribution < 1.29 is 41.8 Å². The highest BCUT2D eigenvalue weighted by atomic mass is 32.2. The van der Waals surface area contributed by atoms with Crippen LogP contribution in [0.2, 0.25) is 0 Å². The maximum absolute atomic E-state index is 13.9. The van der Waals surface area contributed by atoms with E-state index in [1.807, 2.05) is 74.5 Å².